The van der Waals surface area contributed by atoms with Crippen LogP contribution in [0.25, 0.3) is 0 Å². The van der Waals surface area contributed by atoms with Crippen LogP contribution in [0.15, 0.2) is 24.3 Å². The summed E-state index contributed by atoms with van der Waals surface area (Å²) >= 11 is 6.31. The molecule has 1 aliphatic heterocycles. The number of para-hydroxylation sites is 1. The third kappa shape index (κ3) is 1.40. The average molecular weight is 199 g/mol. The highest BCUT2D eigenvalue weighted by molar-refractivity contribution is 6.25. The van der Waals surface area contributed by atoms with Crippen molar-refractivity contribution in [2.45, 2.75) is 4.87 Å². The Kier molecular flexibility index (Phi) is 2.18. The molecular weight excluding hydrogens is 188 g/mol. The summed E-state index contributed by atoms with van der Waals surface area (Å²) in [5.74, 6) is 0.834. The van der Waals surface area contributed by atoms with E-state index in [1.54, 1.807) is 7.11 Å². The molecule has 1 aromatic carbocycles. The number of methoxy groups -OCH3 is 1. The Morgan fingerprint density at radius 2 is 2.08 bits per heavy atom. The zero-order valence-corrected chi connectivity index (χ0v) is 8.17. The molecule has 0 amide bonds. The Morgan fingerprint density at radius 3 is 2.62 bits per heavy atom. The second-order valence-corrected chi connectivity index (χ2v) is 3.88. The van der Waals surface area contributed by atoms with E-state index in [1.807, 2.05) is 24.3 Å². The van der Waals surface area contributed by atoms with E-state index < -0.39 is 0 Å². The Bertz CT molecular complexity index is 308. The summed E-state index contributed by atoms with van der Waals surface area (Å²) in [5.41, 5.74) is 1.02. The van der Waals surface area contributed by atoms with Crippen molar-refractivity contribution in [3.05, 3.63) is 29.8 Å². The Labute approximate surface area is 82.4 Å². The van der Waals surface area contributed by atoms with E-state index in [1.165, 1.54) is 0 Å². The van der Waals surface area contributed by atoms with Crippen LogP contribution in [0.5, 0.6) is 5.75 Å². The second-order valence-electron chi connectivity index (χ2n) is 3.16. The van der Waals surface area contributed by atoms with Gasteiger partial charge in [-0.05, 0) is 6.07 Å². The number of hydrogen-bond donors (Lipinski definition) is 0. The van der Waals surface area contributed by atoms with Crippen LogP contribution in [0.1, 0.15) is 5.56 Å². The Morgan fingerprint density at radius 1 is 1.38 bits per heavy atom. The summed E-state index contributed by atoms with van der Waals surface area (Å²) < 4.78 is 10.3. The van der Waals surface area contributed by atoms with Gasteiger partial charge in [-0.2, -0.15) is 0 Å². The van der Waals surface area contributed by atoms with Crippen LogP contribution in [0.2, 0.25) is 0 Å². The van der Waals surface area contributed by atoms with Crippen LogP contribution < -0.4 is 4.74 Å². The molecule has 0 aromatic heterocycles. The van der Waals surface area contributed by atoms with E-state index in [0.717, 1.165) is 11.3 Å². The third-order valence-electron chi connectivity index (χ3n) is 2.25. The molecule has 0 bridgehead atoms. The number of alkyl halides is 1. The van der Waals surface area contributed by atoms with Gasteiger partial charge in [0.1, 0.15) is 10.6 Å². The molecule has 0 atom stereocenters. The van der Waals surface area contributed by atoms with Crippen molar-refractivity contribution < 1.29 is 9.47 Å². The van der Waals surface area contributed by atoms with Gasteiger partial charge in [0, 0.05) is 5.56 Å². The number of rotatable bonds is 2. The summed E-state index contributed by atoms with van der Waals surface area (Å²) in [6.45, 7) is 1.13. The number of halogens is 1. The minimum Gasteiger partial charge on any atom is -0.496 e. The molecule has 1 aromatic rings. The molecule has 0 aliphatic carbocycles. The highest BCUT2D eigenvalue weighted by atomic mass is 35.5. The molecule has 1 aliphatic rings. The van der Waals surface area contributed by atoms with Crippen LogP contribution in [0.4, 0.5) is 0 Å². The minimum atomic E-state index is -0.368. The minimum absolute atomic E-state index is 0.368. The lowest BCUT2D eigenvalue weighted by Crippen LogP contribution is -2.41. The van der Waals surface area contributed by atoms with Crippen molar-refractivity contribution in [2.24, 2.45) is 0 Å². The fourth-order valence-corrected chi connectivity index (χ4v) is 1.76. The van der Waals surface area contributed by atoms with Crippen LogP contribution in [0, 0.1) is 0 Å². The first kappa shape index (κ1) is 8.85. The van der Waals surface area contributed by atoms with Crippen molar-refractivity contribution in [2.75, 3.05) is 20.3 Å². The molecule has 1 saturated heterocycles. The first-order valence-corrected chi connectivity index (χ1v) is 4.54. The first-order valence-electron chi connectivity index (χ1n) is 4.16. The van der Waals surface area contributed by atoms with Gasteiger partial charge in [0.15, 0.2) is 0 Å². The van der Waals surface area contributed by atoms with Crippen LogP contribution in [0.3, 0.4) is 0 Å². The molecule has 0 unspecified atom stereocenters. The van der Waals surface area contributed by atoms with Gasteiger partial charge in [-0.25, -0.2) is 0 Å². The van der Waals surface area contributed by atoms with E-state index in [0.29, 0.717) is 13.2 Å². The molecule has 1 heterocycles. The summed E-state index contributed by atoms with van der Waals surface area (Å²) in [7, 11) is 1.65. The fraction of sp³-hybridized carbons (Fsp3) is 0.400. The van der Waals surface area contributed by atoms with Crippen LogP contribution >= 0.6 is 11.6 Å². The van der Waals surface area contributed by atoms with E-state index in [-0.39, 0.29) is 4.87 Å². The maximum absolute atomic E-state index is 6.31. The van der Waals surface area contributed by atoms with Gasteiger partial charge < -0.3 is 9.47 Å². The smallest absolute Gasteiger partial charge is 0.124 e. The predicted octanol–water partition coefficient (Wildman–Crippen LogP) is 2.16. The normalized spacial score (nSPS) is 19.2. The number of benzene rings is 1. The zero-order valence-electron chi connectivity index (χ0n) is 7.42. The molecule has 3 heteroatoms. The van der Waals surface area contributed by atoms with E-state index >= 15 is 0 Å². The Hall–Kier alpha value is -0.730. The molecule has 13 heavy (non-hydrogen) atoms. The van der Waals surface area contributed by atoms with E-state index in [9.17, 15) is 0 Å². The number of ether oxygens (including phenoxy) is 2. The molecule has 0 spiro atoms. The molecule has 2 rings (SSSR count). The maximum atomic E-state index is 6.31. The van der Waals surface area contributed by atoms with Gasteiger partial charge in [0.05, 0.1) is 20.3 Å². The molecule has 2 nitrogen and oxygen atoms in total. The quantitative estimate of drug-likeness (QED) is 0.678. The van der Waals surface area contributed by atoms with Crippen molar-refractivity contribution in [1.82, 2.24) is 0 Å². The molecule has 1 fully saturated rings. The van der Waals surface area contributed by atoms with Crippen LogP contribution in [-0.4, -0.2) is 20.3 Å². The second kappa shape index (κ2) is 3.20. The highest BCUT2D eigenvalue weighted by Gasteiger charge is 2.40. The molecule has 0 saturated carbocycles. The van der Waals surface area contributed by atoms with Gasteiger partial charge in [-0.3, -0.25) is 0 Å². The molecule has 70 valence electrons. The van der Waals surface area contributed by atoms with Crippen molar-refractivity contribution in [3.8, 4) is 5.75 Å². The summed E-state index contributed by atoms with van der Waals surface area (Å²) in [6, 6.07) is 7.79. The molecular formula is C10H11ClO2. The van der Waals surface area contributed by atoms with Crippen molar-refractivity contribution in [1.29, 1.82) is 0 Å². The van der Waals surface area contributed by atoms with Gasteiger partial charge in [-0.1, -0.05) is 18.2 Å². The van der Waals surface area contributed by atoms with Gasteiger partial charge >= 0.3 is 0 Å². The topological polar surface area (TPSA) is 18.5 Å². The van der Waals surface area contributed by atoms with Gasteiger partial charge in [-0.15, -0.1) is 11.6 Å². The molecule has 0 radical (unpaired) electrons. The predicted molar refractivity (Wildman–Crippen MR) is 51.3 cm³/mol. The monoisotopic (exact) mass is 198 g/mol. The lowest BCUT2D eigenvalue weighted by Gasteiger charge is -2.36. The van der Waals surface area contributed by atoms with Gasteiger partial charge in [0.25, 0.3) is 0 Å². The Balaban J connectivity index is 2.38. The van der Waals surface area contributed by atoms with Crippen molar-refractivity contribution in [3.63, 3.8) is 0 Å². The molecule has 0 N–H and O–H groups in total. The van der Waals surface area contributed by atoms with Crippen molar-refractivity contribution >= 4 is 11.6 Å². The summed E-state index contributed by atoms with van der Waals surface area (Å²) in [5, 5.41) is 0. The van der Waals surface area contributed by atoms with E-state index in [2.05, 4.69) is 0 Å². The summed E-state index contributed by atoms with van der Waals surface area (Å²) in [6.07, 6.45) is 0. The largest absolute Gasteiger partial charge is 0.496 e. The first-order chi connectivity index (χ1) is 6.26. The zero-order chi connectivity index (χ0) is 9.31. The third-order valence-corrected chi connectivity index (χ3v) is 2.67. The average Bonchev–Trinajstić information content (AvgIpc) is 2.14. The van der Waals surface area contributed by atoms with E-state index in [4.69, 9.17) is 21.1 Å². The lowest BCUT2D eigenvalue weighted by atomic mass is 9.95. The van der Waals surface area contributed by atoms with Gasteiger partial charge in [0.2, 0.25) is 0 Å². The summed E-state index contributed by atoms with van der Waals surface area (Å²) in [4.78, 5) is -0.368. The standard InChI is InChI=1S/C10H11ClO2/c1-12-9-5-3-2-4-8(9)10(11)6-13-7-10/h2-5H,6-7H2,1H3. The van der Waals surface area contributed by atoms with Crippen LogP contribution in [-0.2, 0) is 9.61 Å². The maximum Gasteiger partial charge on any atom is 0.124 e. The SMILES string of the molecule is COc1ccccc1C1(Cl)COC1. The number of hydrogen-bond acceptors (Lipinski definition) is 2. The lowest BCUT2D eigenvalue weighted by molar-refractivity contribution is -0.0161. The highest BCUT2D eigenvalue weighted by Crippen LogP contribution is 2.40. The fourth-order valence-electron chi connectivity index (χ4n) is 1.45.